The van der Waals surface area contributed by atoms with Crippen LogP contribution in [-0.4, -0.2) is 27.3 Å². The quantitative estimate of drug-likeness (QED) is 0.418. The number of carbonyl (C=O) groups excluding carboxylic acids is 1. The number of ether oxygens (including phenoxy) is 1. The number of pyridine rings is 1. The first-order valence-electron chi connectivity index (χ1n) is 10.5. The number of anilines is 1. The normalized spacial score (nSPS) is 11.0. The monoisotopic (exact) mass is 448 g/mol. The van der Waals surface area contributed by atoms with Crippen molar-refractivity contribution in [3.63, 3.8) is 0 Å². The number of rotatable bonds is 6. The summed E-state index contributed by atoms with van der Waals surface area (Å²) in [4.78, 5) is 17.2. The Bertz CT molecular complexity index is 1300. The summed E-state index contributed by atoms with van der Waals surface area (Å²) >= 11 is 6.13. The molecule has 2 heterocycles. The van der Waals surface area contributed by atoms with Crippen molar-refractivity contribution in [2.24, 2.45) is 0 Å². The number of hydrogen-bond acceptors (Lipinski definition) is 4. The third kappa shape index (κ3) is 4.32. The van der Waals surface area contributed by atoms with Gasteiger partial charge < -0.3 is 10.1 Å². The van der Waals surface area contributed by atoms with Gasteiger partial charge in [-0.15, -0.1) is 0 Å². The van der Waals surface area contributed by atoms with Crippen LogP contribution in [0, 0.1) is 20.8 Å². The molecule has 0 atom stereocenters. The molecule has 32 heavy (non-hydrogen) atoms. The van der Waals surface area contributed by atoms with E-state index in [0.29, 0.717) is 22.2 Å². The van der Waals surface area contributed by atoms with Crippen molar-refractivity contribution in [3.8, 4) is 11.6 Å². The number of aryl methyl sites for hydroxylation is 3. The number of benzene rings is 2. The van der Waals surface area contributed by atoms with Crippen LogP contribution in [0.4, 0.5) is 5.69 Å². The third-order valence-corrected chi connectivity index (χ3v) is 5.83. The largest absolute Gasteiger partial charge is 0.467 e. The Kier molecular flexibility index (Phi) is 6.15. The highest BCUT2D eigenvalue weighted by Gasteiger charge is 2.17. The Morgan fingerprint density at radius 3 is 2.59 bits per heavy atom. The number of carbonyl (C=O) groups is 1. The molecule has 0 radical (unpaired) electrons. The lowest BCUT2D eigenvalue weighted by Crippen LogP contribution is -2.21. The number of amides is 1. The first kappa shape index (κ1) is 21.8. The topological polar surface area (TPSA) is 69.0 Å². The van der Waals surface area contributed by atoms with Gasteiger partial charge >= 0.3 is 0 Å². The maximum Gasteiger partial charge on any atom is 0.262 e. The zero-order chi connectivity index (χ0) is 22.8. The Balaban J connectivity index is 1.61. The Labute approximate surface area is 192 Å². The van der Waals surface area contributed by atoms with E-state index in [1.165, 1.54) is 5.56 Å². The average molecular weight is 449 g/mol. The molecule has 0 bridgehead atoms. The highest BCUT2D eigenvalue weighted by molar-refractivity contribution is 6.31. The predicted octanol–water partition coefficient (Wildman–Crippen LogP) is 5.58. The van der Waals surface area contributed by atoms with Crippen molar-refractivity contribution < 1.29 is 9.53 Å². The van der Waals surface area contributed by atoms with Gasteiger partial charge in [-0.1, -0.05) is 42.3 Å². The van der Waals surface area contributed by atoms with Gasteiger partial charge in [-0.25, -0.2) is 4.68 Å². The van der Waals surface area contributed by atoms with Gasteiger partial charge in [0, 0.05) is 22.2 Å². The van der Waals surface area contributed by atoms with E-state index < -0.39 is 0 Å². The lowest BCUT2D eigenvalue weighted by molar-refractivity contribution is -0.118. The first-order valence-corrected chi connectivity index (χ1v) is 10.9. The number of nitrogens with one attached hydrogen (secondary N) is 1. The van der Waals surface area contributed by atoms with Gasteiger partial charge in [0.1, 0.15) is 0 Å². The van der Waals surface area contributed by atoms with E-state index in [-0.39, 0.29) is 12.5 Å². The fourth-order valence-electron chi connectivity index (χ4n) is 3.64. The second-order valence-electron chi connectivity index (χ2n) is 7.75. The zero-order valence-corrected chi connectivity index (χ0v) is 19.3. The number of halogens is 1. The molecule has 1 amide bonds. The molecule has 0 aliphatic rings. The summed E-state index contributed by atoms with van der Waals surface area (Å²) in [6.07, 6.45) is 0.795. The molecule has 164 valence electrons. The number of nitrogens with zero attached hydrogens (tertiary/aromatic N) is 3. The van der Waals surface area contributed by atoms with E-state index >= 15 is 0 Å². The second kappa shape index (κ2) is 9.01. The van der Waals surface area contributed by atoms with Gasteiger partial charge in [-0.05, 0) is 62.6 Å². The molecule has 4 aromatic rings. The van der Waals surface area contributed by atoms with E-state index in [4.69, 9.17) is 26.4 Å². The van der Waals surface area contributed by atoms with Crippen LogP contribution >= 0.6 is 11.6 Å². The molecular formula is C25H25ClN4O2. The Morgan fingerprint density at radius 1 is 1.12 bits per heavy atom. The van der Waals surface area contributed by atoms with Crippen molar-refractivity contribution in [2.45, 2.75) is 34.1 Å². The van der Waals surface area contributed by atoms with Crippen molar-refractivity contribution in [1.29, 1.82) is 0 Å². The summed E-state index contributed by atoms with van der Waals surface area (Å²) in [6.45, 7) is 7.80. The molecule has 0 aliphatic carbocycles. The van der Waals surface area contributed by atoms with Crippen LogP contribution in [0.15, 0.2) is 48.5 Å². The van der Waals surface area contributed by atoms with Crippen LogP contribution in [0.3, 0.4) is 0 Å². The lowest BCUT2D eigenvalue weighted by Gasteiger charge is -2.11. The molecule has 0 saturated heterocycles. The predicted molar refractivity (Wildman–Crippen MR) is 128 cm³/mol. The van der Waals surface area contributed by atoms with Crippen LogP contribution in [0.1, 0.15) is 29.3 Å². The zero-order valence-electron chi connectivity index (χ0n) is 18.6. The maximum atomic E-state index is 12.5. The maximum absolute atomic E-state index is 12.5. The van der Waals surface area contributed by atoms with Crippen LogP contribution in [0.5, 0.6) is 5.88 Å². The number of aromatic nitrogens is 3. The molecule has 0 aliphatic heterocycles. The minimum atomic E-state index is -0.279. The summed E-state index contributed by atoms with van der Waals surface area (Å²) in [7, 11) is 0. The van der Waals surface area contributed by atoms with Gasteiger partial charge in [0.25, 0.3) is 5.91 Å². The van der Waals surface area contributed by atoms with Crippen molar-refractivity contribution in [3.05, 3.63) is 75.9 Å². The van der Waals surface area contributed by atoms with Crippen molar-refractivity contribution >= 4 is 34.2 Å². The second-order valence-corrected chi connectivity index (χ2v) is 8.16. The summed E-state index contributed by atoms with van der Waals surface area (Å²) in [5, 5.41) is 9.17. The molecule has 6 nitrogen and oxygen atoms in total. The van der Waals surface area contributed by atoms with Crippen LogP contribution in [0.25, 0.3) is 16.7 Å². The number of fused-ring (bicyclic) bond motifs is 1. The Hall–Kier alpha value is -3.38. The van der Waals surface area contributed by atoms with Gasteiger partial charge in [-0.3, -0.25) is 4.79 Å². The van der Waals surface area contributed by atoms with Crippen molar-refractivity contribution in [2.75, 3.05) is 11.9 Å². The molecule has 0 spiro atoms. The molecule has 4 rings (SSSR count). The SMILES string of the molecule is CCc1cc(OCC(=O)Nc2cccc(Cl)c2C)nc2c1c(C)nn2-c1ccc(C)cc1. The highest BCUT2D eigenvalue weighted by Crippen LogP contribution is 2.28. The van der Waals surface area contributed by atoms with Crippen LogP contribution in [-0.2, 0) is 11.2 Å². The first-order chi connectivity index (χ1) is 15.4. The van der Waals surface area contributed by atoms with E-state index in [1.807, 2.05) is 61.9 Å². The molecular weight excluding hydrogens is 424 g/mol. The van der Waals surface area contributed by atoms with E-state index in [2.05, 4.69) is 12.2 Å². The molecule has 0 saturated carbocycles. The van der Waals surface area contributed by atoms with Gasteiger partial charge in [0.15, 0.2) is 12.3 Å². The minimum absolute atomic E-state index is 0.161. The van der Waals surface area contributed by atoms with Gasteiger partial charge in [0.2, 0.25) is 5.88 Å². The van der Waals surface area contributed by atoms with Crippen LogP contribution < -0.4 is 10.1 Å². The fraction of sp³-hybridized carbons (Fsp3) is 0.240. The number of hydrogen-bond donors (Lipinski definition) is 1. The molecule has 7 heteroatoms. The molecule has 0 fully saturated rings. The molecule has 1 N–H and O–H groups in total. The van der Waals surface area contributed by atoms with Crippen molar-refractivity contribution in [1.82, 2.24) is 14.8 Å². The van der Waals surface area contributed by atoms with Crippen LogP contribution in [0.2, 0.25) is 5.02 Å². The minimum Gasteiger partial charge on any atom is -0.467 e. The van der Waals surface area contributed by atoms with Gasteiger partial charge in [-0.2, -0.15) is 10.1 Å². The third-order valence-electron chi connectivity index (χ3n) is 5.42. The summed E-state index contributed by atoms with van der Waals surface area (Å²) < 4.78 is 7.61. The fourth-order valence-corrected chi connectivity index (χ4v) is 3.81. The average Bonchev–Trinajstić information content (AvgIpc) is 3.12. The summed E-state index contributed by atoms with van der Waals surface area (Å²) in [5.41, 5.74) is 6.28. The summed E-state index contributed by atoms with van der Waals surface area (Å²) in [5.74, 6) is 0.110. The molecule has 2 aromatic carbocycles. The van der Waals surface area contributed by atoms with E-state index in [9.17, 15) is 4.79 Å². The van der Waals surface area contributed by atoms with E-state index in [1.54, 1.807) is 12.1 Å². The smallest absolute Gasteiger partial charge is 0.262 e. The van der Waals surface area contributed by atoms with Gasteiger partial charge in [0.05, 0.1) is 11.4 Å². The lowest BCUT2D eigenvalue weighted by atomic mass is 10.1. The van der Waals surface area contributed by atoms with E-state index in [0.717, 1.165) is 34.3 Å². The summed E-state index contributed by atoms with van der Waals surface area (Å²) in [6, 6.07) is 15.4. The highest BCUT2D eigenvalue weighted by atomic mass is 35.5. The Morgan fingerprint density at radius 2 is 1.88 bits per heavy atom. The standard InChI is InChI=1S/C25H25ClN4O2/c1-5-18-13-23(32-14-22(31)27-21-8-6-7-20(26)16(21)3)28-25-24(18)17(4)29-30(25)19-11-9-15(2)10-12-19/h6-13H,5,14H2,1-4H3,(H,27,31). The molecule has 2 aromatic heterocycles. The molecule has 0 unspecified atom stereocenters.